The van der Waals surface area contributed by atoms with Crippen LogP contribution in [0.2, 0.25) is 0 Å². The minimum atomic E-state index is -0.510. The van der Waals surface area contributed by atoms with Gasteiger partial charge in [-0.1, -0.05) is 49.8 Å². The van der Waals surface area contributed by atoms with Gasteiger partial charge >= 0.3 is 0 Å². The van der Waals surface area contributed by atoms with Gasteiger partial charge in [0, 0.05) is 24.2 Å². The van der Waals surface area contributed by atoms with E-state index in [0.29, 0.717) is 17.7 Å². The monoisotopic (exact) mass is 256 g/mol. The van der Waals surface area contributed by atoms with Gasteiger partial charge in [-0.05, 0) is 13.3 Å². The zero-order chi connectivity index (χ0) is 14.1. The van der Waals surface area contributed by atoms with Crippen molar-refractivity contribution in [2.75, 3.05) is 6.61 Å². The summed E-state index contributed by atoms with van der Waals surface area (Å²) in [5, 5.41) is 0. The van der Waals surface area contributed by atoms with Gasteiger partial charge in [0.1, 0.15) is 6.10 Å². The van der Waals surface area contributed by atoms with E-state index in [2.05, 4.69) is 25.3 Å². The smallest absolute Gasteiger partial charge is 0.192 e. The van der Waals surface area contributed by atoms with Gasteiger partial charge in [0.05, 0.1) is 0 Å². The number of ketones is 1. The van der Waals surface area contributed by atoms with Gasteiger partial charge in [0.25, 0.3) is 0 Å². The van der Waals surface area contributed by atoms with Crippen molar-refractivity contribution in [1.29, 1.82) is 0 Å². The maximum Gasteiger partial charge on any atom is 0.192 e. The summed E-state index contributed by atoms with van der Waals surface area (Å²) in [4.78, 5) is 12.2. The maximum atomic E-state index is 12.2. The Bertz CT molecular complexity index is 477. The van der Waals surface area contributed by atoms with Crippen molar-refractivity contribution in [2.24, 2.45) is 0 Å². The zero-order valence-corrected chi connectivity index (χ0v) is 11.6. The maximum absolute atomic E-state index is 12.2. The van der Waals surface area contributed by atoms with Crippen LogP contribution in [-0.4, -0.2) is 18.5 Å². The molecule has 2 heteroatoms. The summed E-state index contributed by atoms with van der Waals surface area (Å²) in [5.74, 6) is 5.89. The number of unbranched alkanes of at least 4 members (excludes halogenated alkanes) is 1. The van der Waals surface area contributed by atoms with E-state index >= 15 is 0 Å². The van der Waals surface area contributed by atoms with Crippen LogP contribution in [0.5, 0.6) is 0 Å². The average molecular weight is 256 g/mol. The van der Waals surface area contributed by atoms with Crippen LogP contribution in [0, 0.1) is 11.8 Å². The highest BCUT2D eigenvalue weighted by atomic mass is 16.5. The molecule has 1 rings (SSSR count). The predicted molar refractivity (Wildman–Crippen MR) is 78.0 cm³/mol. The van der Waals surface area contributed by atoms with E-state index in [1.165, 1.54) is 0 Å². The van der Waals surface area contributed by atoms with Crippen molar-refractivity contribution in [1.82, 2.24) is 0 Å². The Morgan fingerprint density at radius 1 is 1.32 bits per heavy atom. The van der Waals surface area contributed by atoms with Crippen molar-refractivity contribution in [2.45, 2.75) is 32.8 Å². The molecule has 0 N–H and O–H groups in total. The molecular formula is C17H20O2. The third-order valence-corrected chi connectivity index (χ3v) is 2.59. The number of Topliss-reactive ketones (excluding diaryl/α,β-unsaturated/α-hetero) is 1. The Morgan fingerprint density at radius 3 is 2.58 bits per heavy atom. The second-order valence-electron chi connectivity index (χ2n) is 4.13. The molecule has 0 fully saturated rings. The van der Waals surface area contributed by atoms with E-state index < -0.39 is 6.10 Å². The van der Waals surface area contributed by atoms with Crippen LogP contribution in [0.4, 0.5) is 0 Å². The Kier molecular flexibility index (Phi) is 6.63. The van der Waals surface area contributed by atoms with Crippen molar-refractivity contribution in [3.63, 3.8) is 0 Å². The summed E-state index contributed by atoms with van der Waals surface area (Å²) in [7, 11) is 0. The molecule has 0 aromatic heterocycles. The first kappa shape index (κ1) is 15.2. The van der Waals surface area contributed by atoms with Crippen molar-refractivity contribution in [3.05, 3.63) is 48.0 Å². The number of carbonyl (C=O) groups excluding carboxylic acids is 1. The van der Waals surface area contributed by atoms with E-state index in [1.807, 2.05) is 25.1 Å². The lowest BCUT2D eigenvalue weighted by Crippen LogP contribution is -2.19. The number of rotatable bonds is 6. The molecule has 0 heterocycles. The zero-order valence-electron chi connectivity index (χ0n) is 11.6. The van der Waals surface area contributed by atoms with Gasteiger partial charge in [-0.25, -0.2) is 0 Å². The van der Waals surface area contributed by atoms with Crippen LogP contribution >= 0.6 is 0 Å². The van der Waals surface area contributed by atoms with Gasteiger partial charge in [0.2, 0.25) is 0 Å². The van der Waals surface area contributed by atoms with Gasteiger partial charge in [0.15, 0.2) is 5.78 Å². The lowest BCUT2D eigenvalue weighted by Gasteiger charge is -2.13. The first-order valence-corrected chi connectivity index (χ1v) is 6.59. The molecule has 0 amide bonds. The number of benzene rings is 1. The van der Waals surface area contributed by atoms with Gasteiger partial charge in [-0.15, -0.1) is 5.92 Å². The highest BCUT2D eigenvalue weighted by molar-refractivity contribution is 6.09. The molecule has 0 aliphatic heterocycles. The fraction of sp³-hybridized carbons (Fsp3) is 0.353. The van der Waals surface area contributed by atoms with Crippen LogP contribution in [0.3, 0.4) is 0 Å². The molecule has 0 saturated heterocycles. The van der Waals surface area contributed by atoms with Crippen LogP contribution in [-0.2, 0) is 4.74 Å². The fourth-order valence-corrected chi connectivity index (χ4v) is 1.58. The second kappa shape index (κ2) is 8.29. The predicted octanol–water partition coefficient (Wildman–Crippen LogP) is 3.63. The molecule has 0 spiro atoms. The van der Waals surface area contributed by atoms with Gasteiger partial charge in [-0.2, -0.15) is 0 Å². The molecule has 0 aliphatic rings. The number of hydrogen-bond donors (Lipinski definition) is 0. The summed E-state index contributed by atoms with van der Waals surface area (Å²) < 4.78 is 5.50. The number of hydrogen-bond acceptors (Lipinski definition) is 2. The topological polar surface area (TPSA) is 26.3 Å². The molecule has 0 saturated carbocycles. The molecule has 1 atom stereocenters. The largest absolute Gasteiger partial charge is 0.361 e. The van der Waals surface area contributed by atoms with Gasteiger partial charge in [-0.3, -0.25) is 4.79 Å². The normalized spacial score (nSPS) is 11.3. The van der Waals surface area contributed by atoms with Crippen molar-refractivity contribution in [3.8, 4) is 11.8 Å². The average Bonchev–Trinajstić information content (AvgIpc) is 2.46. The van der Waals surface area contributed by atoms with Crippen LogP contribution in [0.25, 0.3) is 0 Å². The molecule has 0 bridgehead atoms. The highest BCUT2D eigenvalue weighted by Gasteiger charge is 2.18. The summed E-state index contributed by atoms with van der Waals surface area (Å²) in [6.07, 6.45) is 1.28. The standard InChI is InChI=1S/C17H20O2/c1-4-6-8-13-16(19-5-2)14(3)17(18)15-11-9-7-10-12-15/h7,9-12,16H,3-6H2,1-2H3. The number of carbonyl (C=O) groups is 1. The molecule has 19 heavy (non-hydrogen) atoms. The Balaban J connectivity index is 2.83. The number of ether oxygens (including phenoxy) is 1. The molecule has 0 aliphatic carbocycles. The molecular weight excluding hydrogens is 236 g/mol. The van der Waals surface area contributed by atoms with E-state index in [9.17, 15) is 4.79 Å². The van der Waals surface area contributed by atoms with Crippen LogP contribution < -0.4 is 0 Å². The Labute approximate surface area is 115 Å². The first-order valence-electron chi connectivity index (χ1n) is 6.59. The van der Waals surface area contributed by atoms with E-state index in [4.69, 9.17) is 4.74 Å². The van der Waals surface area contributed by atoms with Crippen molar-refractivity contribution >= 4 is 5.78 Å². The summed E-state index contributed by atoms with van der Waals surface area (Å²) >= 11 is 0. The molecule has 100 valence electrons. The molecule has 1 aromatic carbocycles. The fourth-order valence-electron chi connectivity index (χ4n) is 1.58. The Morgan fingerprint density at radius 2 is 2.00 bits per heavy atom. The summed E-state index contributed by atoms with van der Waals surface area (Å²) in [5.41, 5.74) is 1.02. The van der Waals surface area contributed by atoms with E-state index in [0.717, 1.165) is 12.8 Å². The SMILES string of the molecule is C=C(C(=O)c1ccccc1)C(C#CCCC)OCC. The van der Waals surface area contributed by atoms with Gasteiger partial charge < -0.3 is 4.74 Å². The van der Waals surface area contributed by atoms with E-state index in [1.54, 1.807) is 12.1 Å². The molecule has 0 radical (unpaired) electrons. The molecule has 2 nitrogen and oxygen atoms in total. The minimum Gasteiger partial charge on any atom is -0.361 e. The van der Waals surface area contributed by atoms with Crippen molar-refractivity contribution < 1.29 is 9.53 Å². The van der Waals surface area contributed by atoms with Crippen LogP contribution in [0.1, 0.15) is 37.0 Å². The lowest BCUT2D eigenvalue weighted by molar-refractivity contribution is 0.0931. The molecule has 1 unspecified atom stereocenters. The Hall–Kier alpha value is -1.85. The molecule has 1 aromatic rings. The lowest BCUT2D eigenvalue weighted by atomic mass is 10.0. The minimum absolute atomic E-state index is 0.107. The second-order valence-corrected chi connectivity index (χ2v) is 4.13. The third kappa shape index (κ3) is 4.73. The summed E-state index contributed by atoms with van der Waals surface area (Å²) in [6.45, 7) is 8.31. The summed E-state index contributed by atoms with van der Waals surface area (Å²) in [6, 6.07) is 9.09. The quantitative estimate of drug-likeness (QED) is 0.441. The third-order valence-electron chi connectivity index (χ3n) is 2.59. The highest BCUT2D eigenvalue weighted by Crippen LogP contribution is 2.12. The first-order chi connectivity index (χ1) is 9.20. The van der Waals surface area contributed by atoms with E-state index in [-0.39, 0.29) is 5.78 Å². The van der Waals surface area contributed by atoms with Crippen LogP contribution in [0.15, 0.2) is 42.5 Å².